The number of fused-ring (bicyclic) bond motifs is 1. The van der Waals surface area contributed by atoms with E-state index in [9.17, 15) is 9.50 Å². The van der Waals surface area contributed by atoms with Gasteiger partial charge in [0.25, 0.3) is 0 Å². The Balaban J connectivity index is 1.87. The first-order chi connectivity index (χ1) is 10.5. The lowest BCUT2D eigenvalue weighted by atomic mass is 10.1. The van der Waals surface area contributed by atoms with Gasteiger partial charge in [-0.25, -0.2) is 14.5 Å². The molecule has 3 rings (SSSR count). The number of ether oxygens (including phenoxy) is 1. The van der Waals surface area contributed by atoms with Crippen LogP contribution in [0.25, 0.3) is 5.52 Å². The van der Waals surface area contributed by atoms with Crippen molar-refractivity contribution in [1.29, 1.82) is 0 Å². The number of hydrogen-bond donors (Lipinski definition) is 2. The molecule has 0 aliphatic carbocycles. The molecule has 0 amide bonds. The Morgan fingerprint density at radius 1 is 1.55 bits per heavy atom. The van der Waals surface area contributed by atoms with E-state index < -0.39 is 12.1 Å². The van der Waals surface area contributed by atoms with Crippen molar-refractivity contribution in [3.8, 4) is 0 Å². The van der Waals surface area contributed by atoms with Crippen LogP contribution in [-0.2, 0) is 11.2 Å². The predicted molar refractivity (Wildman–Crippen MR) is 78.1 cm³/mol. The van der Waals surface area contributed by atoms with Gasteiger partial charge in [-0.05, 0) is 12.3 Å². The average molecular weight is 309 g/mol. The van der Waals surface area contributed by atoms with Crippen molar-refractivity contribution < 1.29 is 14.2 Å². The van der Waals surface area contributed by atoms with E-state index in [0.29, 0.717) is 37.1 Å². The maximum absolute atomic E-state index is 13.8. The van der Waals surface area contributed by atoms with Gasteiger partial charge in [0.05, 0.1) is 24.9 Å². The number of aliphatic hydroxyl groups excluding tert-OH is 1. The number of aromatic nitrogens is 4. The van der Waals surface area contributed by atoms with Crippen LogP contribution in [-0.4, -0.2) is 50.0 Å². The summed E-state index contributed by atoms with van der Waals surface area (Å²) in [5.41, 5.74) is 0.258. The molecule has 2 atom stereocenters. The molecular formula is C14H20FN5O2. The van der Waals surface area contributed by atoms with Crippen LogP contribution < -0.4 is 5.32 Å². The van der Waals surface area contributed by atoms with Gasteiger partial charge >= 0.3 is 0 Å². The number of hydrogen-bond acceptors (Lipinski definition) is 6. The van der Waals surface area contributed by atoms with Gasteiger partial charge in [-0.15, -0.1) is 5.10 Å². The Morgan fingerprint density at radius 3 is 3.09 bits per heavy atom. The van der Waals surface area contributed by atoms with Crippen molar-refractivity contribution in [2.24, 2.45) is 5.92 Å². The van der Waals surface area contributed by atoms with Gasteiger partial charge in [0.15, 0.2) is 0 Å². The molecular weight excluding hydrogens is 289 g/mol. The molecule has 2 aromatic rings. The van der Waals surface area contributed by atoms with Crippen molar-refractivity contribution in [2.45, 2.75) is 38.8 Å². The highest BCUT2D eigenvalue weighted by Crippen LogP contribution is 2.16. The molecule has 0 aromatic carbocycles. The Hall–Kier alpha value is -1.80. The summed E-state index contributed by atoms with van der Waals surface area (Å²) in [6.45, 7) is 4.95. The van der Waals surface area contributed by atoms with E-state index in [-0.39, 0.29) is 18.2 Å². The minimum atomic E-state index is -0.609. The molecule has 0 spiro atoms. The molecule has 0 unspecified atom stereocenters. The molecule has 2 aromatic heterocycles. The normalized spacial score (nSPS) is 22.4. The molecule has 0 bridgehead atoms. The third-order valence-electron chi connectivity index (χ3n) is 3.65. The second-order valence-electron chi connectivity index (χ2n) is 5.98. The zero-order valence-electron chi connectivity index (χ0n) is 12.7. The number of rotatable bonds is 4. The summed E-state index contributed by atoms with van der Waals surface area (Å²) in [6.07, 6.45) is 2.09. The van der Waals surface area contributed by atoms with Crippen LogP contribution in [0.15, 0.2) is 6.20 Å². The number of halogens is 1. The van der Waals surface area contributed by atoms with Crippen molar-refractivity contribution >= 4 is 11.5 Å². The summed E-state index contributed by atoms with van der Waals surface area (Å²) >= 11 is 0. The molecule has 1 aliphatic heterocycles. The smallest absolute Gasteiger partial charge is 0.242 e. The van der Waals surface area contributed by atoms with Gasteiger partial charge in [0, 0.05) is 13.0 Å². The summed E-state index contributed by atoms with van der Waals surface area (Å²) < 4.78 is 20.5. The molecule has 8 heteroatoms. The maximum Gasteiger partial charge on any atom is 0.242 e. The van der Waals surface area contributed by atoms with Gasteiger partial charge < -0.3 is 15.2 Å². The second-order valence-corrected chi connectivity index (χ2v) is 5.98. The molecule has 0 saturated carbocycles. The number of imidazole rings is 1. The maximum atomic E-state index is 13.8. The lowest BCUT2D eigenvalue weighted by Gasteiger charge is -2.28. The summed E-state index contributed by atoms with van der Waals surface area (Å²) in [7, 11) is 0. The van der Waals surface area contributed by atoms with E-state index in [1.165, 1.54) is 10.7 Å². The molecule has 1 fully saturated rings. The minimum absolute atomic E-state index is 0.173. The standard InChI is InChI=1S/C14H20FN5O2/c1-8(2)5-12-18-13(15)10-6-16-14(19-20(10)12)17-9-3-4-22-7-11(9)21/h6,8-9,11,21H,3-5,7H2,1-2H3,(H,17,19)/t9-,11-/m1/s1. The zero-order valence-corrected chi connectivity index (χ0v) is 12.7. The van der Waals surface area contributed by atoms with E-state index in [1.54, 1.807) is 0 Å². The average Bonchev–Trinajstić information content (AvgIpc) is 2.77. The third kappa shape index (κ3) is 3.02. The number of nitrogens with one attached hydrogen (secondary N) is 1. The zero-order chi connectivity index (χ0) is 15.7. The molecule has 1 saturated heterocycles. The van der Waals surface area contributed by atoms with Crippen LogP contribution in [0.1, 0.15) is 26.1 Å². The Labute approximate surface area is 127 Å². The van der Waals surface area contributed by atoms with E-state index in [1.807, 2.05) is 13.8 Å². The molecule has 22 heavy (non-hydrogen) atoms. The van der Waals surface area contributed by atoms with Crippen LogP contribution in [0.2, 0.25) is 0 Å². The first kappa shape index (κ1) is 15.1. The van der Waals surface area contributed by atoms with E-state index in [0.717, 1.165) is 0 Å². The molecule has 0 radical (unpaired) electrons. The number of nitrogens with zero attached hydrogens (tertiary/aromatic N) is 4. The highest BCUT2D eigenvalue weighted by molar-refractivity contribution is 5.46. The van der Waals surface area contributed by atoms with Gasteiger partial charge in [-0.2, -0.15) is 4.39 Å². The van der Waals surface area contributed by atoms with Crippen molar-refractivity contribution in [3.05, 3.63) is 18.0 Å². The Bertz CT molecular complexity index is 660. The van der Waals surface area contributed by atoms with Crippen LogP contribution in [0.5, 0.6) is 0 Å². The topological polar surface area (TPSA) is 84.6 Å². The Kier molecular flexibility index (Phi) is 4.21. The Morgan fingerprint density at radius 2 is 2.36 bits per heavy atom. The fourth-order valence-corrected chi connectivity index (χ4v) is 2.53. The van der Waals surface area contributed by atoms with Crippen LogP contribution >= 0.6 is 0 Å². The molecule has 1 aliphatic rings. The van der Waals surface area contributed by atoms with Crippen molar-refractivity contribution in [2.75, 3.05) is 18.5 Å². The second kappa shape index (κ2) is 6.13. The largest absolute Gasteiger partial charge is 0.389 e. The lowest BCUT2D eigenvalue weighted by Crippen LogP contribution is -2.42. The van der Waals surface area contributed by atoms with Crippen LogP contribution in [0, 0.1) is 11.9 Å². The summed E-state index contributed by atoms with van der Waals surface area (Å²) in [5.74, 6) is 0.698. The van der Waals surface area contributed by atoms with Crippen LogP contribution in [0.4, 0.5) is 10.3 Å². The summed E-state index contributed by atoms with van der Waals surface area (Å²) in [6, 6.07) is -0.173. The highest BCUT2D eigenvalue weighted by Gasteiger charge is 2.24. The predicted octanol–water partition coefficient (Wildman–Crippen LogP) is 1.02. The first-order valence-electron chi connectivity index (χ1n) is 7.47. The molecule has 3 heterocycles. The van der Waals surface area contributed by atoms with Gasteiger partial charge in [-0.1, -0.05) is 13.8 Å². The quantitative estimate of drug-likeness (QED) is 0.877. The fourth-order valence-electron chi connectivity index (χ4n) is 2.53. The first-order valence-corrected chi connectivity index (χ1v) is 7.47. The van der Waals surface area contributed by atoms with Crippen LogP contribution in [0.3, 0.4) is 0 Å². The van der Waals surface area contributed by atoms with Gasteiger partial charge in [0.1, 0.15) is 11.3 Å². The minimum Gasteiger partial charge on any atom is -0.389 e. The van der Waals surface area contributed by atoms with Crippen molar-refractivity contribution in [3.63, 3.8) is 0 Å². The van der Waals surface area contributed by atoms with E-state index in [4.69, 9.17) is 4.74 Å². The summed E-state index contributed by atoms with van der Waals surface area (Å²) in [5, 5.41) is 17.3. The van der Waals surface area contributed by atoms with E-state index >= 15 is 0 Å². The SMILES string of the molecule is CC(C)Cc1nc(F)c2cnc(N[C@@H]3CCOC[C@H]3O)nn12. The molecule has 2 N–H and O–H groups in total. The third-order valence-corrected chi connectivity index (χ3v) is 3.65. The molecule has 7 nitrogen and oxygen atoms in total. The van der Waals surface area contributed by atoms with E-state index in [2.05, 4.69) is 20.4 Å². The number of aliphatic hydroxyl groups is 1. The lowest BCUT2D eigenvalue weighted by molar-refractivity contribution is -0.0136. The fraction of sp³-hybridized carbons (Fsp3) is 0.643. The monoisotopic (exact) mass is 309 g/mol. The number of anilines is 1. The summed E-state index contributed by atoms with van der Waals surface area (Å²) in [4.78, 5) is 8.04. The molecule has 120 valence electrons. The van der Waals surface area contributed by atoms with Gasteiger partial charge in [-0.3, -0.25) is 0 Å². The van der Waals surface area contributed by atoms with Crippen molar-refractivity contribution in [1.82, 2.24) is 19.6 Å². The highest BCUT2D eigenvalue weighted by atomic mass is 19.1. The van der Waals surface area contributed by atoms with Gasteiger partial charge in [0.2, 0.25) is 11.9 Å².